The summed E-state index contributed by atoms with van der Waals surface area (Å²) in [6.45, 7) is 9.84. The van der Waals surface area contributed by atoms with Gasteiger partial charge in [0.1, 0.15) is 0 Å². The molecule has 1 N–H and O–H groups in total. The third-order valence-electron chi connectivity index (χ3n) is 7.14. The van der Waals surface area contributed by atoms with Crippen molar-refractivity contribution in [3.63, 3.8) is 0 Å². The Labute approximate surface area is 203 Å². The quantitative estimate of drug-likeness (QED) is 0.585. The number of piperidine rings is 1. The van der Waals surface area contributed by atoms with Gasteiger partial charge in [-0.3, -0.25) is 14.5 Å². The lowest BCUT2D eigenvalue weighted by molar-refractivity contribution is -0.118. The molecule has 182 valence electrons. The first-order valence-electron chi connectivity index (χ1n) is 12.8. The lowest BCUT2D eigenvalue weighted by Gasteiger charge is -2.37. The van der Waals surface area contributed by atoms with Crippen molar-refractivity contribution in [2.75, 3.05) is 42.9 Å². The first-order chi connectivity index (χ1) is 16.6. The average molecular weight is 464 g/mol. The van der Waals surface area contributed by atoms with Crippen LogP contribution in [0.2, 0.25) is 0 Å². The van der Waals surface area contributed by atoms with Crippen molar-refractivity contribution in [2.24, 2.45) is 0 Å². The maximum atomic E-state index is 13.5. The molecule has 0 aliphatic carbocycles. The van der Waals surface area contributed by atoms with Crippen molar-refractivity contribution in [1.29, 1.82) is 0 Å². The standard InChI is InChI=1S/C27H37N5O2/c1-3-30(4-2)20-16-21-11-7-8-18-31(21)19-10-15-25(33)32-24-14-6-5-12-22(24)27(34)29-23-13-9-17-28-26(23)32/h5-6,9,12-14,17,21H,3-4,7-8,10-11,15-16,18-20H2,1-2H3,(H,29,34). The van der Waals surface area contributed by atoms with E-state index >= 15 is 0 Å². The monoisotopic (exact) mass is 463 g/mol. The molecule has 0 spiro atoms. The van der Waals surface area contributed by atoms with Crippen LogP contribution in [0.4, 0.5) is 17.2 Å². The normalized spacial score (nSPS) is 18.3. The highest BCUT2D eigenvalue weighted by Crippen LogP contribution is 2.36. The molecule has 0 radical (unpaired) electrons. The van der Waals surface area contributed by atoms with Crippen LogP contribution in [0.3, 0.4) is 0 Å². The first kappa shape index (κ1) is 24.4. The van der Waals surface area contributed by atoms with Crippen LogP contribution in [0.5, 0.6) is 0 Å². The Bertz CT molecular complexity index is 990. The summed E-state index contributed by atoms with van der Waals surface area (Å²) in [4.78, 5) is 37.4. The Morgan fingerprint density at radius 2 is 1.97 bits per heavy atom. The number of hydrogen-bond acceptors (Lipinski definition) is 5. The van der Waals surface area contributed by atoms with Crippen LogP contribution in [0.15, 0.2) is 42.6 Å². The molecule has 2 aliphatic rings. The zero-order valence-corrected chi connectivity index (χ0v) is 20.5. The van der Waals surface area contributed by atoms with Crippen LogP contribution in [-0.2, 0) is 4.79 Å². The third kappa shape index (κ3) is 5.47. The fourth-order valence-corrected chi connectivity index (χ4v) is 5.19. The molecule has 1 fully saturated rings. The molecule has 4 rings (SSSR count). The summed E-state index contributed by atoms with van der Waals surface area (Å²) in [5.74, 6) is 0.242. The van der Waals surface area contributed by atoms with Crippen molar-refractivity contribution in [2.45, 2.75) is 58.4 Å². The molecule has 2 aliphatic heterocycles. The van der Waals surface area contributed by atoms with Gasteiger partial charge in [-0.05, 0) is 82.7 Å². The fourth-order valence-electron chi connectivity index (χ4n) is 5.19. The number of rotatable bonds is 9. The topological polar surface area (TPSA) is 68.8 Å². The third-order valence-corrected chi connectivity index (χ3v) is 7.14. The highest BCUT2D eigenvalue weighted by Gasteiger charge is 2.30. The number of hydrogen-bond donors (Lipinski definition) is 1. The van der Waals surface area contributed by atoms with Gasteiger partial charge in [0.25, 0.3) is 5.91 Å². The van der Waals surface area contributed by atoms with Crippen molar-refractivity contribution >= 4 is 29.0 Å². The molecule has 2 amide bonds. The number of aromatic nitrogens is 1. The number of pyridine rings is 1. The average Bonchev–Trinajstić information content (AvgIpc) is 2.99. The summed E-state index contributed by atoms with van der Waals surface area (Å²) in [7, 11) is 0. The van der Waals surface area contributed by atoms with Crippen molar-refractivity contribution in [1.82, 2.24) is 14.8 Å². The number of nitrogens with one attached hydrogen (secondary N) is 1. The number of carbonyl (C=O) groups is 2. The predicted molar refractivity (Wildman–Crippen MR) is 137 cm³/mol. The molecule has 7 nitrogen and oxygen atoms in total. The van der Waals surface area contributed by atoms with Gasteiger partial charge in [-0.2, -0.15) is 0 Å². The number of fused-ring (bicyclic) bond motifs is 2. The van der Waals surface area contributed by atoms with E-state index in [1.807, 2.05) is 18.2 Å². The largest absolute Gasteiger partial charge is 0.319 e. The Morgan fingerprint density at radius 1 is 1.15 bits per heavy atom. The van der Waals surface area contributed by atoms with Gasteiger partial charge in [0.15, 0.2) is 5.82 Å². The predicted octanol–water partition coefficient (Wildman–Crippen LogP) is 4.68. The van der Waals surface area contributed by atoms with Gasteiger partial charge in [0.2, 0.25) is 5.91 Å². The summed E-state index contributed by atoms with van der Waals surface area (Å²) < 4.78 is 0. The van der Waals surface area contributed by atoms with Gasteiger partial charge in [-0.15, -0.1) is 0 Å². The molecular formula is C27H37N5O2. The summed E-state index contributed by atoms with van der Waals surface area (Å²) in [5, 5.41) is 2.90. The molecule has 1 atom stereocenters. The van der Waals surface area contributed by atoms with Gasteiger partial charge >= 0.3 is 0 Å². The number of nitrogens with zero attached hydrogens (tertiary/aromatic N) is 4. The van der Waals surface area contributed by atoms with Gasteiger partial charge in [-0.1, -0.05) is 32.4 Å². The van der Waals surface area contributed by atoms with Crippen LogP contribution in [0.1, 0.15) is 62.7 Å². The molecule has 7 heteroatoms. The number of anilines is 3. The van der Waals surface area contributed by atoms with Crippen LogP contribution in [0.25, 0.3) is 0 Å². The Kier molecular flexibility index (Phi) is 8.29. The molecule has 1 saturated heterocycles. The van der Waals surface area contributed by atoms with E-state index in [4.69, 9.17) is 0 Å². The van der Waals surface area contributed by atoms with Crippen molar-refractivity contribution < 1.29 is 9.59 Å². The zero-order chi connectivity index (χ0) is 23.9. The molecule has 1 unspecified atom stereocenters. The van der Waals surface area contributed by atoms with E-state index in [9.17, 15) is 9.59 Å². The van der Waals surface area contributed by atoms with E-state index in [1.54, 1.807) is 29.3 Å². The summed E-state index contributed by atoms with van der Waals surface area (Å²) >= 11 is 0. The molecule has 1 aromatic heterocycles. The van der Waals surface area contributed by atoms with Gasteiger partial charge in [0.05, 0.1) is 16.9 Å². The number of benzene rings is 1. The van der Waals surface area contributed by atoms with Crippen molar-refractivity contribution in [3.05, 3.63) is 48.2 Å². The molecule has 0 bridgehead atoms. The van der Waals surface area contributed by atoms with E-state index in [0.717, 1.165) is 39.1 Å². The highest BCUT2D eigenvalue weighted by molar-refractivity contribution is 6.17. The second kappa shape index (κ2) is 11.6. The van der Waals surface area contributed by atoms with Crippen molar-refractivity contribution in [3.8, 4) is 0 Å². The Balaban J connectivity index is 1.44. The van der Waals surface area contributed by atoms with Gasteiger partial charge in [-0.25, -0.2) is 4.98 Å². The highest BCUT2D eigenvalue weighted by atomic mass is 16.2. The smallest absolute Gasteiger partial charge is 0.257 e. The maximum absolute atomic E-state index is 13.5. The summed E-state index contributed by atoms with van der Waals surface area (Å²) in [6.07, 6.45) is 7.85. The fraction of sp³-hybridized carbons (Fsp3) is 0.519. The summed E-state index contributed by atoms with van der Waals surface area (Å²) in [5.41, 5.74) is 1.64. The SMILES string of the molecule is CCN(CC)CCC1CCCCN1CCCC(=O)N1c2ccccc2C(=O)Nc2cccnc21. The van der Waals surface area contributed by atoms with Crippen LogP contribution >= 0.6 is 0 Å². The van der Waals surface area contributed by atoms with Crippen LogP contribution in [0, 0.1) is 0 Å². The Hall–Kier alpha value is -2.77. The van der Waals surface area contributed by atoms with Crippen LogP contribution < -0.4 is 10.2 Å². The van der Waals surface area contributed by atoms with Crippen LogP contribution in [-0.4, -0.2) is 65.4 Å². The second-order valence-electron chi connectivity index (χ2n) is 9.18. The second-order valence-corrected chi connectivity index (χ2v) is 9.18. The van der Waals surface area contributed by atoms with E-state index in [1.165, 1.54) is 25.7 Å². The lowest BCUT2D eigenvalue weighted by Crippen LogP contribution is -2.42. The number of likely N-dealkylation sites (tertiary alicyclic amines) is 1. The Morgan fingerprint density at radius 3 is 2.79 bits per heavy atom. The summed E-state index contributed by atoms with van der Waals surface area (Å²) in [6, 6.07) is 11.4. The first-order valence-corrected chi connectivity index (χ1v) is 12.8. The minimum absolute atomic E-state index is 0.0272. The lowest BCUT2D eigenvalue weighted by atomic mass is 9.98. The van der Waals surface area contributed by atoms with E-state index in [2.05, 4.69) is 33.9 Å². The maximum Gasteiger partial charge on any atom is 0.257 e. The molecule has 1 aromatic carbocycles. The molecule has 34 heavy (non-hydrogen) atoms. The molecule has 2 aromatic rings. The molecule has 0 saturated carbocycles. The minimum atomic E-state index is -0.218. The number of carbonyl (C=O) groups excluding carboxylic acids is 2. The molecule has 3 heterocycles. The number of para-hydroxylation sites is 1. The van der Waals surface area contributed by atoms with E-state index in [0.29, 0.717) is 35.2 Å². The zero-order valence-electron chi connectivity index (χ0n) is 20.5. The van der Waals surface area contributed by atoms with Gasteiger partial charge in [0, 0.05) is 18.7 Å². The van der Waals surface area contributed by atoms with E-state index < -0.39 is 0 Å². The van der Waals surface area contributed by atoms with E-state index in [-0.39, 0.29) is 11.8 Å². The molecular weight excluding hydrogens is 426 g/mol. The minimum Gasteiger partial charge on any atom is -0.319 e. The van der Waals surface area contributed by atoms with Gasteiger partial charge < -0.3 is 15.1 Å². The number of amides is 2.